The van der Waals surface area contributed by atoms with E-state index < -0.39 is 38.7 Å². The summed E-state index contributed by atoms with van der Waals surface area (Å²) < 4.78 is 55.8. The molecule has 0 saturated carbocycles. The summed E-state index contributed by atoms with van der Waals surface area (Å²) in [5.74, 6) is -3.67. The Morgan fingerprint density at radius 1 is 1.18 bits per heavy atom. The number of anilines is 1. The van der Waals surface area contributed by atoms with E-state index in [1.54, 1.807) is 31.2 Å². The second kappa shape index (κ2) is 8.62. The molecule has 33 heavy (non-hydrogen) atoms. The van der Waals surface area contributed by atoms with Gasteiger partial charge < -0.3 is 10.1 Å². The second-order valence-corrected chi connectivity index (χ2v) is 9.22. The van der Waals surface area contributed by atoms with Crippen LogP contribution in [0.5, 0.6) is 5.75 Å². The number of H-pyrrole nitrogens is 1. The van der Waals surface area contributed by atoms with Crippen LogP contribution in [-0.2, 0) is 10.0 Å². The average molecular weight is 471 g/mol. The van der Waals surface area contributed by atoms with E-state index in [0.717, 1.165) is 12.1 Å². The van der Waals surface area contributed by atoms with Crippen molar-refractivity contribution in [2.75, 3.05) is 10.5 Å². The van der Waals surface area contributed by atoms with Gasteiger partial charge in [0.1, 0.15) is 17.2 Å². The van der Waals surface area contributed by atoms with Gasteiger partial charge in [-0.1, -0.05) is 25.1 Å². The number of carbonyl (C=O) groups excluding carboxylic acids is 1. The molecule has 4 aromatic rings. The summed E-state index contributed by atoms with van der Waals surface area (Å²) in [4.78, 5) is 20.2. The lowest BCUT2D eigenvalue weighted by Crippen LogP contribution is -2.18. The number of rotatable bonds is 7. The first-order chi connectivity index (χ1) is 15.7. The Morgan fingerprint density at radius 2 is 1.94 bits per heavy atom. The topological polar surface area (TPSA) is 112 Å². The number of aromatic hydroxyl groups is 1. The molecule has 7 nitrogen and oxygen atoms in total. The molecule has 0 aliphatic carbocycles. The number of phenolic OH excluding ortho intramolecular Hbond substituents is 1. The first kappa shape index (κ1) is 22.4. The number of para-hydroxylation sites is 1. The monoisotopic (exact) mass is 471 g/mol. The van der Waals surface area contributed by atoms with Crippen LogP contribution < -0.4 is 4.72 Å². The number of ketones is 1. The SMILES string of the molecule is CCCS(=O)(=O)Nc1ccc(F)c(C(=O)c2c[nH]c3ncc(-c4ccccc4O)cc23)c1F. The van der Waals surface area contributed by atoms with Crippen LogP contribution in [0.15, 0.2) is 54.9 Å². The minimum absolute atomic E-state index is 0.00575. The Labute approximate surface area is 188 Å². The Balaban J connectivity index is 1.80. The summed E-state index contributed by atoms with van der Waals surface area (Å²) in [6.07, 6.45) is 3.07. The van der Waals surface area contributed by atoms with E-state index in [0.29, 0.717) is 23.2 Å². The molecule has 3 N–H and O–H groups in total. The smallest absolute Gasteiger partial charge is 0.232 e. The Hall–Kier alpha value is -3.79. The first-order valence-corrected chi connectivity index (χ1v) is 11.7. The minimum atomic E-state index is -3.85. The summed E-state index contributed by atoms with van der Waals surface area (Å²) in [6, 6.07) is 9.88. The van der Waals surface area contributed by atoms with Gasteiger partial charge >= 0.3 is 0 Å². The maximum atomic E-state index is 15.1. The number of sulfonamides is 1. The molecular formula is C23H19F2N3O4S. The van der Waals surface area contributed by atoms with Crippen molar-refractivity contribution >= 4 is 32.5 Å². The van der Waals surface area contributed by atoms with Gasteiger partial charge in [0.05, 0.1) is 17.0 Å². The molecule has 2 aromatic heterocycles. The fraction of sp³-hybridized carbons (Fsp3) is 0.130. The molecule has 0 aliphatic heterocycles. The molecule has 0 unspecified atom stereocenters. The molecule has 0 aliphatic rings. The van der Waals surface area contributed by atoms with Crippen LogP contribution in [0.4, 0.5) is 14.5 Å². The Bertz CT molecular complexity index is 1480. The van der Waals surface area contributed by atoms with E-state index in [9.17, 15) is 22.7 Å². The molecule has 0 saturated heterocycles. The van der Waals surface area contributed by atoms with E-state index in [2.05, 4.69) is 14.7 Å². The normalized spacial score (nSPS) is 11.6. The molecule has 4 rings (SSSR count). The van der Waals surface area contributed by atoms with Crippen LogP contribution in [0.1, 0.15) is 29.3 Å². The van der Waals surface area contributed by atoms with Gasteiger partial charge in [0.25, 0.3) is 0 Å². The number of benzene rings is 2. The highest BCUT2D eigenvalue weighted by Gasteiger charge is 2.26. The van der Waals surface area contributed by atoms with Crippen molar-refractivity contribution in [3.63, 3.8) is 0 Å². The highest BCUT2D eigenvalue weighted by molar-refractivity contribution is 7.92. The number of aromatic nitrogens is 2. The maximum absolute atomic E-state index is 15.1. The standard InChI is InChI=1S/C23H19F2N3O4S/c1-2-9-33(31,32)28-18-8-7-17(24)20(21(18)25)22(30)16-12-27-23-15(16)10-13(11-26-23)14-5-3-4-6-19(14)29/h3-8,10-12,28-29H,2,9H2,1H3,(H,26,27). The molecule has 170 valence electrons. The van der Waals surface area contributed by atoms with Crippen LogP contribution in [0.3, 0.4) is 0 Å². The van der Waals surface area contributed by atoms with Gasteiger partial charge in [-0.3, -0.25) is 9.52 Å². The quantitative estimate of drug-likeness (QED) is 0.341. The predicted octanol–water partition coefficient (Wildman–Crippen LogP) is 4.60. The van der Waals surface area contributed by atoms with Gasteiger partial charge in [0.2, 0.25) is 15.8 Å². The van der Waals surface area contributed by atoms with Gasteiger partial charge in [-0.05, 0) is 30.7 Å². The number of halogens is 2. The Kier molecular flexibility index (Phi) is 5.86. The fourth-order valence-corrected chi connectivity index (χ4v) is 4.65. The van der Waals surface area contributed by atoms with Gasteiger partial charge in [-0.25, -0.2) is 22.2 Å². The van der Waals surface area contributed by atoms with Gasteiger partial charge in [-0.2, -0.15) is 0 Å². The molecule has 0 amide bonds. The van der Waals surface area contributed by atoms with Crippen LogP contribution in [0.2, 0.25) is 0 Å². The number of pyridine rings is 1. The number of fused-ring (bicyclic) bond motifs is 1. The molecule has 0 atom stereocenters. The number of nitrogens with zero attached hydrogens (tertiary/aromatic N) is 1. The summed E-state index contributed by atoms with van der Waals surface area (Å²) in [5, 5.41) is 10.4. The zero-order valence-electron chi connectivity index (χ0n) is 17.4. The molecule has 0 spiro atoms. The number of aromatic amines is 1. The van der Waals surface area contributed by atoms with Crippen LogP contribution in [-0.4, -0.2) is 35.0 Å². The van der Waals surface area contributed by atoms with E-state index >= 15 is 4.39 Å². The number of carbonyl (C=O) groups is 1. The summed E-state index contributed by atoms with van der Waals surface area (Å²) >= 11 is 0. The second-order valence-electron chi connectivity index (χ2n) is 7.37. The third-order valence-electron chi connectivity index (χ3n) is 5.05. The van der Waals surface area contributed by atoms with E-state index in [1.807, 2.05) is 0 Å². The zero-order chi connectivity index (χ0) is 23.8. The summed E-state index contributed by atoms with van der Waals surface area (Å²) in [7, 11) is -3.85. The predicted molar refractivity (Wildman–Crippen MR) is 121 cm³/mol. The van der Waals surface area contributed by atoms with Gasteiger partial charge in [-0.15, -0.1) is 0 Å². The van der Waals surface area contributed by atoms with Crippen molar-refractivity contribution in [3.8, 4) is 16.9 Å². The van der Waals surface area contributed by atoms with E-state index in [-0.39, 0.29) is 22.5 Å². The number of hydrogen-bond acceptors (Lipinski definition) is 5. The first-order valence-electron chi connectivity index (χ1n) is 10.0. The van der Waals surface area contributed by atoms with Crippen LogP contribution in [0, 0.1) is 11.6 Å². The van der Waals surface area contributed by atoms with Crippen LogP contribution in [0.25, 0.3) is 22.2 Å². The molecule has 10 heteroatoms. The molecule has 0 radical (unpaired) electrons. The lowest BCUT2D eigenvalue weighted by Gasteiger charge is -2.11. The lowest BCUT2D eigenvalue weighted by atomic mass is 9.99. The summed E-state index contributed by atoms with van der Waals surface area (Å²) in [6.45, 7) is 1.64. The van der Waals surface area contributed by atoms with Crippen LogP contribution >= 0.6 is 0 Å². The van der Waals surface area contributed by atoms with Crippen molar-refractivity contribution in [1.82, 2.24) is 9.97 Å². The minimum Gasteiger partial charge on any atom is -0.507 e. The third kappa shape index (κ3) is 4.29. The van der Waals surface area contributed by atoms with Crippen molar-refractivity contribution in [2.24, 2.45) is 0 Å². The van der Waals surface area contributed by atoms with Crippen molar-refractivity contribution in [3.05, 3.63) is 77.6 Å². The van der Waals surface area contributed by atoms with E-state index in [4.69, 9.17) is 0 Å². The molecule has 2 heterocycles. The molecule has 0 bridgehead atoms. The van der Waals surface area contributed by atoms with Crippen molar-refractivity contribution in [1.29, 1.82) is 0 Å². The molecule has 0 fully saturated rings. The zero-order valence-corrected chi connectivity index (χ0v) is 18.2. The van der Waals surface area contributed by atoms with Crippen molar-refractivity contribution in [2.45, 2.75) is 13.3 Å². The molecule has 2 aromatic carbocycles. The lowest BCUT2D eigenvalue weighted by molar-refractivity contribution is 0.103. The van der Waals surface area contributed by atoms with Gasteiger partial charge in [0.15, 0.2) is 5.82 Å². The summed E-state index contributed by atoms with van der Waals surface area (Å²) in [5.41, 5.74) is -0.187. The number of phenols is 1. The fourth-order valence-electron chi connectivity index (χ4n) is 3.52. The third-order valence-corrected chi connectivity index (χ3v) is 6.52. The Morgan fingerprint density at radius 3 is 2.67 bits per heavy atom. The molecular weight excluding hydrogens is 452 g/mol. The maximum Gasteiger partial charge on any atom is 0.232 e. The number of nitrogens with one attached hydrogen (secondary N) is 2. The highest BCUT2D eigenvalue weighted by Crippen LogP contribution is 2.32. The average Bonchev–Trinajstić information content (AvgIpc) is 3.19. The van der Waals surface area contributed by atoms with Crippen molar-refractivity contribution < 1.29 is 27.1 Å². The number of hydrogen-bond donors (Lipinski definition) is 3. The highest BCUT2D eigenvalue weighted by atomic mass is 32.2. The largest absolute Gasteiger partial charge is 0.507 e. The van der Waals surface area contributed by atoms with Gasteiger partial charge in [0, 0.05) is 34.5 Å². The van der Waals surface area contributed by atoms with E-state index in [1.165, 1.54) is 18.5 Å².